The second-order valence-corrected chi connectivity index (χ2v) is 3.50. The van der Waals surface area contributed by atoms with Gasteiger partial charge in [-0.25, -0.2) is 4.98 Å². The number of nitrogens with one attached hydrogen (secondary N) is 1. The molecule has 5 nitrogen and oxygen atoms in total. The van der Waals surface area contributed by atoms with E-state index in [2.05, 4.69) is 41.5 Å². The predicted octanol–water partition coefficient (Wildman–Crippen LogP) is 1.68. The molecule has 0 amide bonds. The Morgan fingerprint density at radius 1 is 1.46 bits per heavy atom. The molecule has 0 atom stereocenters. The van der Waals surface area contributed by atoms with Crippen LogP contribution in [0.3, 0.4) is 0 Å². The molecule has 2 aromatic heterocycles. The maximum atomic E-state index is 5.83. The van der Waals surface area contributed by atoms with Crippen LogP contribution in [0.5, 0.6) is 0 Å². The van der Waals surface area contributed by atoms with Crippen LogP contribution in [-0.2, 0) is 0 Å². The van der Waals surface area contributed by atoms with Gasteiger partial charge in [0.15, 0.2) is 0 Å². The van der Waals surface area contributed by atoms with Gasteiger partial charge in [0.2, 0.25) is 5.82 Å². The van der Waals surface area contributed by atoms with E-state index in [0.717, 1.165) is 4.47 Å². The zero-order valence-corrected chi connectivity index (χ0v) is 8.54. The third-order valence-corrected chi connectivity index (χ3v) is 2.13. The van der Waals surface area contributed by atoms with Gasteiger partial charge in [-0.15, -0.1) is 10.2 Å². The summed E-state index contributed by atoms with van der Waals surface area (Å²) in [5, 5.41) is 13.7. The molecular formula is C6H3BrClN5. The van der Waals surface area contributed by atoms with Gasteiger partial charge in [-0.3, -0.25) is 0 Å². The Kier molecular flexibility index (Phi) is 2.24. The minimum absolute atomic E-state index is 0.351. The monoisotopic (exact) mass is 259 g/mol. The largest absolute Gasteiger partial charge is 0.243 e. The van der Waals surface area contributed by atoms with E-state index in [4.69, 9.17) is 11.6 Å². The molecule has 0 saturated carbocycles. The lowest BCUT2D eigenvalue weighted by Crippen LogP contribution is -1.85. The van der Waals surface area contributed by atoms with Crippen molar-refractivity contribution in [1.82, 2.24) is 25.6 Å². The number of nitrogens with zero attached hydrogens (tertiary/aromatic N) is 4. The Bertz CT molecular complexity index is 415. The first-order valence-electron chi connectivity index (χ1n) is 3.32. The maximum Gasteiger partial charge on any atom is 0.207 e. The van der Waals surface area contributed by atoms with Crippen molar-refractivity contribution < 1.29 is 0 Å². The van der Waals surface area contributed by atoms with Gasteiger partial charge >= 0.3 is 0 Å². The van der Waals surface area contributed by atoms with Gasteiger partial charge in [0.1, 0.15) is 5.15 Å². The molecule has 0 saturated heterocycles. The Morgan fingerprint density at radius 2 is 2.31 bits per heavy atom. The molecule has 0 fully saturated rings. The summed E-state index contributed by atoms with van der Waals surface area (Å²) in [6.45, 7) is 0. The fraction of sp³-hybridized carbons (Fsp3) is 0. The molecular weight excluding hydrogens is 257 g/mol. The van der Waals surface area contributed by atoms with Crippen molar-refractivity contribution in [2.45, 2.75) is 0 Å². The van der Waals surface area contributed by atoms with Crippen LogP contribution in [0.15, 0.2) is 16.7 Å². The highest BCUT2D eigenvalue weighted by molar-refractivity contribution is 9.10. The van der Waals surface area contributed by atoms with Crippen LogP contribution in [0.25, 0.3) is 11.4 Å². The summed E-state index contributed by atoms with van der Waals surface area (Å²) in [5.74, 6) is 0.429. The number of pyridine rings is 1. The molecule has 0 aliphatic heterocycles. The first-order valence-corrected chi connectivity index (χ1v) is 4.49. The molecule has 2 heterocycles. The number of tetrazole rings is 1. The van der Waals surface area contributed by atoms with E-state index in [9.17, 15) is 0 Å². The molecule has 0 spiro atoms. The predicted molar refractivity (Wildman–Crippen MR) is 50.1 cm³/mol. The molecule has 13 heavy (non-hydrogen) atoms. The molecule has 2 rings (SSSR count). The van der Waals surface area contributed by atoms with Gasteiger partial charge < -0.3 is 0 Å². The molecule has 0 radical (unpaired) electrons. The van der Waals surface area contributed by atoms with Crippen molar-refractivity contribution in [2.24, 2.45) is 0 Å². The van der Waals surface area contributed by atoms with E-state index in [1.54, 1.807) is 12.3 Å². The summed E-state index contributed by atoms with van der Waals surface area (Å²) >= 11 is 9.11. The minimum atomic E-state index is 0.351. The van der Waals surface area contributed by atoms with E-state index in [0.29, 0.717) is 16.5 Å². The lowest BCUT2D eigenvalue weighted by Gasteiger charge is -1.97. The first kappa shape index (κ1) is 8.58. The summed E-state index contributed by atoms with van der Waals surface area (Å²) < 4.78 is 0.816. The van der Waals surface area contributed by atoms with Crippen LogP contribution in [-0.4, -0.2) is 25.6 Å². The Labute approximate surface area is 86.7 Å². The number of hydrogen-bond donors (Lipinski definition) is 1. The molecule has 0 bridgehead atoms. The third kappa shape index (κ3) is 1.68. The summed E-state index contributed by atoms with van der Waals surface area (Å²) in [7, 11) is 0. The van der Waals surface area contributed by atoms with Gasteiger partial charge in [0.05, 0.1) is 5.56 Å². The highest BCUT2D eigenvalue weighted by atomic mass is 79.9. The minimum Gasteiger partial charge on any atom is -0.243 e. The van der Waals surface area contributed by atoms with Crippen molar-refractivity contribution in [3.05, 3.63) is 21.9 Å². The van der Waals surface area contributed by atoms with E-state index >= 15 is 0 Å². The first-order chi connectivity index (χ1) is 6.27. The van der Waals surface area contributed by atoms with Crippen LogP contribution in [0, 0.1) is 0 Å². The molecule has 0 unspecified atom stereocenters. The Hall–Kier alpha value is -1.01. The molecule has 2 aromatic rings. The van der Waals surface area contributed by atoms with Crippen molar-refractivity contribution in [1.29, 1.82) is 0 Å². The lowest BCUT2D eigenvalue weighted by atomic mass is 10.3. The lowest BCUT2D eigenvalue weighted by molar-refractivity contribution is 0.881. The molecule has 66 valence electrons. The molecule has 0 aromatic carbocycles. The quantitative estimate of drug-likeness (QED) is 0.792. The number of aromatic amines is 1. The highest BCUT2D eigenvalue weighted by Gasteiger charge is 2.09. The van der Waals surface area contributed by atoms with E-state index in [1.807, 2.05) is 0 Å². The Morgan fingerprint density at radius 3 is 3.00 bits per heavy atom. The number of aromatic nitrogens is 5. The van der Waals surface area contributed by atoms with Crippen molar-refractivity contribution in [3.63, 3.8) is 0 Å². The van der Waals surface area contributed by atoms with Crippen LogP contribution in [0.1, 0.15) is 0 Å². The molecule has 0 aliphatic carbocycles. The fourth-order valence-electron chi connectivity index (χ4n) is 0.855. The summed E-state index contributed by atoms with van der Waals surface area (Å²) in [6.07, 6.45) is 1.60. The molecule has 7 heteroatoms. The fourth-order valence-corrected chi connectivity index (χ4v) is 1.37. The van der Waals surface area contributed by atoms with Gasteiger partial charge in [0, 0.05) is 10.7 Å². The van der Waals surface area contributed by atoms with E-state index < -0.39 is 0 Å². The van der Waals surface area contributed by atoms with Gasteiger partial charge in [0.25, 0.3) is 0 Å². The molecule has 1 N–H and O–H groups in total. The smallest absolute Gasteiger partial charge is 0.207 e. The number of H-pyrrole nitrogens is 1. The summed E-state index contributed by atoms with van der Waals surface area (Å²) in [4.78, 5) is 3.93. The van der Waals surface area contributed by atoms with Gasteiger partial charge in [-0.1, -0.05) is 11.6 Å². The zero-order chi connectivity index (χ0) is 9.26. The van der Waals surface area contributed by atoms with Crippen LogP contribution in [0.4, 0.5) is 0 Å². The number of rotatable bonds is 1. The number of halogens is 2. The normalized spacial score (nSPS) is 10.3. The van der Waals surface area contributed by atoms with Crippen molar-refractivity contribution in [3.8, 4) is 11.4 Å². The van der Waals surface area contributed by atoms with Crippen molar-refractivity contribution >= 4 is 27.5 Å². The summed E-state index contributed by atoms with van der Waals surface area (Å²) in [5.41, 5.74) is 0.643. The van der Waals surface area contributed by atoms with Crippen LogP contribution in [0.2, 0.25) is 5.15 Å². The van der Waals surface area contributed by atoms with Crippen LogP contribution < -0.4 is 0 Å². The SMILES string of the molecule is Clc1ncc(Br)cc1-c1nn[nH]n1. The van der Waals surface area contributed by atoms with Gasteiger partial charge in [-0.2, -0.15) is 5.21 Å². The highest BCUT2D eigenvalue weighted by Crippen LogP contribution is 2.24. The second kappa shape index (κ2) is 3.39. The van der Waals surface area contributed by atoms with E-state index in [1.165, 1.54) is 0 Å². The summed E-state index contributed by atoms with van der Waals surface area (Å²) in [6, 6.07) is 1.78. The van der Waals surface area contributed by atoms with Crippen molar-refractivity contribution in [2.75, 3.05) is 0 Å². The standard InChI is InChI=1S/C6H3BrClN5/c7-3-1-4(5(8)9-2-3)6-10-12-13-11-6/h1-2H,(H,10,11,12,13). The van der Waals surface area contributed by atoms with Crippen LogP contribution >= 0.6 is 27.5 Å². The Balaban J connectivity index is 2.57. The third-order valence-electron chi connectivity index (χ3n) is 1.39. The maximum absolute atomic E-state index is 5.83. The second-order valence-electron chi connectivity index (χ2n) is 2.23. The van der Waals surface area contributed by atoms with E-state index in [-0.39, 0.29) is 0 Å². The zero-order valence-electron chi connectivity index (χ0n) is 6.20. The average Bonchev–Trinajstić information content (AvgIpc) is 2.61. The molecule has 0 aliphatic rings. The number of hydrogen-bond acceptors (Lipinski definition) is 4. The topological polar surface area (TPSA) is 67.3 Å². The average molecular weight is 260 g/mol. The van der Waals surface area contributed by atoms with Gasteiger partial charge in [-0.05, 0) is 27.2 Å².